The van der Waals surface area contributed by atoms with Gasteiger partial charge in [-0.25, -0.2) is 0 Å². The number of fused-ring (bicyclic) bond motifs is 1. The van der Waals surface area contributed by atoms with E-state index in [0.29, 0.717) is 13.0 Å². The van der Waals surface area contributed by atoms with Gasteiger partial charge in [0.2, 0.25) is 0 Å². The minimum Gasteiger partial charge on any atom is -0.468 e. The number of nitrogens with one attached hydrogen (secondary N) is 1. The summed E-state index contributed by atoms with van der Waals surface area (Å²) in [5.41, 5.74) is 1.63. The highest BCUT2D eigenvalue weighted by Crippen LogP contribution is 2.36. The van der Waals surface area contributed by atoms with Gasteiger partial charge in [-0.15, -0.1) is 0 Å². The lowest BCUT2D eigenvalue weighted by molar-refractivity contribution is -0.143. The molecule has 0 aromatic heterocycles. The zero-order chi connectivity index (χ0) is 16.4. The predicted molar refractivity (Wildman–Crippen MR) is 91.1 cm³/mol. The number of carbonyl (C=O) groups is 1. The van der Waals surface area contributed by atoms with Crippen molar-refractivity contribution in [2.45, 2.75) is 18.1 Å². The number of hydrogen-bond acceptors (Lipinski definition) is 4. The van der Waals surface area contributed by atoms with Crippen molar-refractivity contribution >= 4 is 22.8 Å². The maximum atomic E-state index is 11.8. The summed E-state index contributed by atoms with van der Waals surface area (Å²) < 4.78 is 10.7. The van der Waals surface area contributed by atoms with Gasteiger partial charge in [-0.2, -0.15) is 0 Å². The Morgan fingerprint density at radius 2 is 2.04 bits per heavy atom. The lowest BCUT2D eigenvalue weighted by Crippen LogP contribution is -2.31. The first-order valence-electron chi connectivity index (χ1n) is 7.65. The van der Waals surface area contributed by atoms with E-state index in [9.17, 15) is 4.79 Å². The Bertz CT molecular complexity index is 755. The first kappa shape index (κ1) is 15.7. The Hall–Kier alpha value is -2.17. The second-order valence-electron chi connectivity index (χ2n) is 5.88. The zero-order valence-electron chi connectivity index (χ0n) is 13.5. The average Bonchev–Trinajstić information content (AvgIpc) is 3.06. The number of carbonyl (C=O) groups excluding carboxylic acids is 1. The largest absolute Gasteiger partial charge is 0.468 e. The highest BCUT2D eigenvalue weighted by molar-refractivity contribution is 5.85. The molecule has 2 unspecified atom stereocenters. The van der Waals surface area contributed by atoms with E-state index in [1.807, 2.05) is 12.1 Å². The van der Waals surface area contributed by atoms with Crippen molar-refractivity contribution in [1.29, 1.82) is 0 Å². The summed E-state index contributed by atoms with van der Waals surface area (Å²) in [4.78, 5) is 11.8. The van der Waals surface area contributed by atoms with E-state index in [1.54, 1.807) is 7.11 Å². The van der Waals surface area contributed by atoms with Crippen LogP contribution in [0.3, 0.4) is 0 Å². The van der Waals surface area contributed by atoms with E-state index in [0.717, 1.165) is 16.5 Å². The molecule has 2 aromatic carbocycles. The second kappa shape index (κ2) is 6.14. The molecule has 0 amide bonds. The fourth-order valence-electron chi connectivity index (χ4n) is 3.24. The summed E-state index contributed by atoms with van der Waals surface area (Å²) in [6, 6.07) is 12.2. The van der Waals surface area contributed by atoms with E-state index in [-0.39, 0.29) is 12.0 Å². The Morgan fingerprint density at radius 3 is 2.74 bits per heavy atom. The van der Waals surface area contributed by atoms with Crippen molar-refractivity contribution in [3.8, 4) is 0 Å². The van der Waals surface area contributed by atoms with Gasteiger partial charge in [0.15, 0.2) is 0 Å². The third-order valence-electron chi connectivity index (χ3n) is 4.67. The average molecular weight is 311 g/mol. The maximum absolute atomic E-state index is 11.8. The second-order valence-corrected chi connectivity index (χ2v) is 5.88. The number of benzene rings is 2. The monoisotopic (exact) mass is 311 g/mol. The van der Waals surface area contributed by atoms with Crippen molar-refractivity contribution in [2.24, 2.45) is 0 Å². The molecule has 0 saturated carbocycles. The molecule has 1 aliphatic heterocycles. The Kier molecular flexibility index (Phi) is 4.20. The number of methoxy groups -OCH3 is 2. The first-order valence-corrected chi connectivity index (χ1v) is 7.65. The minimum absolute atomic E-state index is 0.251. The molecular weight excluding hydrogens is 290 g/mol. The highest BCUT2D eigenvalue weighted by Gasteiger charge is 2.43. The van der Waals surface area contributed by atoms with E-state index < -0.39 is 5.60 Å². The fraction of sp³-hybridized carbons (Fsp3) is 0.316. The molecule has 1 saturated heterocycles. The third-order valence-corrected chi connectivity index (χ3v) is 4.67. The van der Waals surface area contributed by atoms with Gasteiger partial charge in [-0.3, -0.25) is 4.79 Å². The van der Waals surface area contributed by atoms with Gasteiger partial charge in [0, 0.05) is 20.1 Å². The Labute approximate surface area is 136 Å². The van der Waals surface area contributed by atoms with Crippen molar-refractivity contribution in [3.63, 3.8) is 0 Å². The maximum Gasteiger partial charge on any atom is 0.322 e. The van der Waals surface area contributed by atoms with Crippen LogP contribution in [0, 0.1) is 0 Å². The van der Waals surface area contributed by atoms with Crippen LogP contribution >= 0.6 is 0 Å². The number of esters is 1. The number of ether oxygens (including phenoxy) is 2. The van der Waals surface area contributed by atoms with Gasteiger partial charge >= 0.3 is 5.97 Å². The molecule has 1 fully saturated rings. The summed E-state index contributed by atoms with van der Waals surface area (Å²) in [6.45, 7) is 4.40. The molecule has 3 rings (SSSR count). The Morgan fingerprint density at radius 1 is 1.26 bits per heavy atom. The molecule has 4 nitrogen and oxygen atoms in total. The summed E-state index contributed by atoms with van der Waals surface area (Å²) in [5.74, 6) is -0.251. The van der Waals surface area contributed by atoms with E-state index >= 15 is 0 Å². The van der Waals surface area contributed by atoms with Crippen LogP contribution in [0.2, 0.25) is 0 Å². The molecular formula is C19H21NO3. The van der Waals surface area contributed by atoms with Crippen molar-refractivity contribution in [3.05, 3.63) is 54.1 Å². The SMILES string of the molecule is C=Cc1ccc2ccc(C3(OC)CNC(C(=O)OC)C3)cc2c1. The summed E-state index contributed by atoms with van der Waals surface area (Å²) in [7, 11) is 3.09. The fourth-order valence-corrected chi connectivity index (χ4v) is 3.24. The van der Waals surface area contributed by atoms with Crippen molar-refractivity contribution in [1.82, 2.24) is 5.32 Å². The van der Waals surface area contributed by atoms with Crippen LogP contribution in [0.4, 0.5) is 0 Å². The first-order chi connectivity index (χ1) is 11.1. The van der Waals surface area contributed by atoms with Crippen LogP contribution in [0.5, 0.6) is 0 Å². The molecule has 2 atom stereocenters. The number of hydrogen-bond donors (Lipinski definition) is 1. The molecule has 0 radical (unpaired) electrons. The molecule has 4 heteroatoms. The van der Waals surface area contributed by atoms with Gasteiger partial charge < -0.3 is 14.8 Å². The summed E-state index contributed by atoms with van der Waals surface area (Å²) in [6.07, 6.45) is 2.39. The van der Waals surface area contributed by atoms with Crippen LogP contribution < -0.4 is 5.32 Å². The molecule has 23 heavy (non-hydrogen) atoms. The topological polar surface area (TPSA) is 47.6 Å². The van der Waals surface area contributed by atoms with Crippen molar-refractivity contribution < 1.29 is 14.3 Å². The van der Waals surface area contributed by atoms with Crippen LogP contribution in [0.25, 0.3) is 16.8 Å². The quantitative estimate of drug-likeness (QED) is 0.882. The summed E-state index contributed by atoms with van der Waals surface area (Å²) >= 11 is 0. The van der Waals surface area contributed by atoms with Crippen molar-refractivity contribution in [2.75, 3.05) is 20.8 Å². The van der Waals surface area contributed by atoms with E-state index in [4.69, 9.17) is 9.47 Å². The highest BCUT2D eigenvalue weighted by atomic mass is 16.5. The number of rotatable bonds is 4. The third kappa shape index (κ3) is 2.76. The molecule has 1 aliphatic rings. The van der Waals surface area contributed by atoms with Crippen LogP contribution in [0.1, 0.15) is 17.5 Å². The predicted octanol–water partition coefficient (Wildman–Crippen LogP) is 2.86. The lowest BCUT2D eigenvalue weighted by atomic mass is 9.89. The molecule has 2 aromatic rings. The smallest absolute Gasteiger partial charge is 0.322 e. The van der Waals surface area contributed by atoms with Gasteiger partial charge in [-0.1, -0.05) is 36.9 Å². The van der Waals surface area contributed by atoms with Crippen LogP contribution in [-0.2, 0) is 19.9 Å². The minimum atomic E-state index is -0.517. The van der Waals surface area contributed by atoms with Crippen LogP contribution in [0.15, 0.2) is 43.0 Å². The molecule has 120 valence electrons. The molecule has 0 bridgehead atoms. The Balaban J connectivity index is 2.00. The molecule has 0 spiro atoms. The van der Waals surface area contributed by atoms with Crippen LogP contribution in [-0.4, -0.2) is 32.8 Å². The van der Waals surface area contributed by atoms with Gasteiger partial charge in [0.25, 0.3) is 0 Å². The van der Waals surface area contributed by atoms with Gasteiger partial charge in [0.05, 0.1) is 7.11 Å². The zero-order valence-corrected chi connectivity index (χ0v) is 13.5. The summed E-state index contributed by atoms with van der Waals surface area (Å²) in [5, 5.41) is 5.51. The van der Waals surface area contributed by atoms with Gasteiger partial charge in [0.1, 0.15) is 11.6 Å². The van der Waals surface area contributed by atoms with Gasteiger partial charge in [-0.05, 0) is 34.0 Å². The molecule has 1 heterocycles. The lowest BCUT2D eigenvalue weighted by Gasteiger charge is -2.27. The van der Waals surface area contributed by atoms with E-state index in [2.05, 4.69) is 42.2 Å². The molecule has 0 aliphatic carbocycles. The standard InChI is InChI=1S/C19H21NO3/c1-4-13-5-6-14-7-8-16(10-15(14)9-13)19(23-3)11-17(20-12-19)18(21)22-2/h4-10,17,20H,1,11-12H2,2-3H3. The molecule has 1 N–H and O–H groups in total. The van der Waals surface area contributed by atoms with E-state index in [1.165, 1.54) is 12.5 Å². The normalized spacial score (nSPS) is 23.8.